The first-order valence-electron chi connectivity index (χ1n) is 10.8. The first-order chi connectivity index (χ1) is 16.4. The molecular weight excluding hydrogens is 444 g/mol. The maximum atomic E-state index is 12.6. The molecule has 0 aliphatic carbocycles. The third-order valence-corrected chi connectivity index (χ3v) is 5.90. The SMILES string of the molecule is Cc1ccc(Cl)cc1NC(=O)/C(C#N)=C/c1ccc(OCc2c(C)ccc3ccccc23)cc1. The first kappa shape index (κ1) is 23.1. The number of benzene rings is 4. The fraction of sp³-hybridized carbons (Fsp3) is 0.103. The highest BCUT2D eigenvalue weighted by Gasteiger charge is 2.12. The van der Waals surface area contributed by atoms with Gasteiger partial charge in [-0.1, -0.05) is 66.2 Å². The van der Waals surface area contributed by atoms with Crippen LogP contribution in [0.5, 0.6) is 5.75 Å². The van der Waals surface area contributed by atoms with Crippen LogP contribution in [0.2, 0.25) is 5.02 Å². The molecule has 0 radical (unpaired) electrons. The second-order valence-electron chi connectivity index (χ2n) is 8.02. The van der Waals surface area contributed by atoms with E-state index in [2.05, 4.69) is 36.5 Å². The lowest BCUT2D eigenvalue weighted by Crippen LogP contribution is -2.14. The van der Waals surface area contributed by atoms with Crippen molar-refractivity contribution in [2.45, 2.75) is 20.5 Å². The van der Waals surface area contributed by atoms with Crippen LogP contribution in [0.25, 0.3) is 16.8 Å². The Morgan fingerprint density at radius 3 is 2.50 bits per heavy atom. The Bertz CT molecular complexity index is 1430. The normalized spacial score (nSPS) is 11.2. The van der Waals surface area contributed by atoms with E-state index in [1.807, 2.05) is 55.5 Å². The second-order valence-corrected chi connectivity index (χ2v) is 8.46. The van der Waals surface area contributed by atoms with Crippen LogP contribution in [-0.4, -0.2) is 5.91 Å². The smallest absolute Gasteiger partial charge is 0.266 e. The number of carbonyl (C=O) groups is 1. The van der Waals surface area contributed by atoms with Crippen LogP contribution in [0.15, 0.2) is 84.4 Å². The summed E-state index contributed by atoms with van der Waals surface area (Å²) in [6.07, 6.45) is 1.55. The third kappa shape index (κ3) is 5.28. The summed E-state index contributed by atoms with van der Waals surface area (Å²) in [5.41, 5.74) is 4.49. The van der Waals surface area contributed by atoms with E-state index in [-0.39, 0.29) is 5.57 Å². The monoisotopic (exact) mass is 466 g/mol. The molecule has 0 aliphatic rings. The highest BCUT2D eigenvalue weighted by atomic mass is 35.5. The van der Waals surface area contributed by atoms with Gasteiger partial charge in [-0.2, -0.15) is 5.26 Å². The van der Waals surface area contributed by atoms with Crippen molar-refractivity contribution < 1.29 is 9.53 Å². The van der Waals surface area contributed by atoms with Gasteiger partial charge < -0.3 is 10.1 Å². The summed E-state index contributed by atoms with van der Waals surface area (Å²) >= 11 is 6.02. The zero-order chi connectivity index (χ0) is 24.1. The highest BCUT2D eigenvalue weighted by Crippen LogP contribution is 2.25. The molecule has 4 nitrogen and oxygen atoms in total. The number of nitrogens with one attached hydrogen (secondary N) is 1. The van der Waals surface area contributed by atoms with Gasteiger partial charge in [0.25, 0.3) is 5.91 Å². The molecule has 4 rings (SSSR count). The Morgan fingerprint density at radius 2 is 1.74 bits per heavy atom. The zero-order valence-corrected chi connectivity index (χ0v) is 19.7. The minimum absolute atomic E-state index is 0.000533. The first-order valence-corrected chi connectivity index (χ1v) is 11.2. The van der Waals surface area contributed by atoms with Gasteiger partial charge in [-0.3, -0.25) is 4.79 Å². The van der Waals surface area contributed by atoms with E-state index in [4.69, 9.17) is 16.3 Å². The summed E-state index contributed by atoms with van der Waals surface area (Å²) in [5.74, 6) is 0.224. The average Bonchev–Trinajstić information content (AvgIpc) is 2.85. The van der Waals surface area contributed by atoms with Gasteiger partial charge in [-0.15, -0.1) is 0 Å². The number of nitriles is 1. The molecule has 0 fully saturated rings. The lowest BCUT2D eigenvalue weighted by atomic mass is 10.0. The predicted molar refractivity (Wildman–Crippen MR) is 138 cm³/mol. The number of aryl methyl sites for hydroxylation is 2. The number of nitrogens with zero attached hydrogens (tertiary/aromatic N) is 1. The molecule has 0 unspecified atom stereocenters. The van der Waals surface area contributed by atoms with Crippen molar-refractivity contribution in [1.82, 2.24) is 0 Å². The van der Waals surface area contributed by atoms with Crippen molar-refractivity contribution in [3.05, 3.63) is 112 Å². The van der Waals surface area contributed by atoms with Gasteiger partial charge in [-0.25, -0.2) is 0 Å². The van der Waals surface area contributed by atoms with Crippen molar-refractivity contribution in [1.29, 1.82) is 5.26 Å². The molecule has 0 aliphatic heterocycles. The fourth-order valence-corrected chi connectivity index (χ4v) is 3.86. The standard InChI is InChI=1S/C29H23ClN2O2/c1-19-7-11-22-5-3-4-6-26(22)27(19)18-34-25-13-9-21(10-14-25)15-23(17-31)29(33)32-28-16-24(30)12-8-20(28)2/h3-16H,18H2,1-2H3,(H,32,33)/b23-15+. The molecule has 34 heavy (non-hydrogen) atoms. The Labute approximate surface area is 204 Å². The topological polar surface area (TPSA) is 62.1 Å². The van der Waals surface area contributed by atoms with Gasteiger partial charge in [0, 0.05) is 16.3 Å². The molecule has 0 atom stereocenters. The largest absolute Gasteiger partial charge is 0.489 e. The molecule has 0 bridgehead atoms. The summed E-state index contributed by atoms with van der Waals surface area (Å²) in [7, 11) is 0. The van der Waals surface area contributed by atoms with Gasteiger partial charge in [0.15, 0.2) is 0 Å². The van der Waals surface area contributed by atoms with Crippen molar-refractivity contribution in [3.8, 4) is 11.8 Å². The highest BCUT2D eigenvalue weighted by molar-refractivity contribution is 6.31. The van der Waals surface area contributed by atoms with Crippen LogP contribution in [-0.2, 0) is 11.4 Å². The molecule has 0 aromatic heterocycles. The van der Waals surface area contributed by atoms with Crippen molar-refractivity contribution in [2.24, 2.45) is 0 Å². The van der Waals surface area contributed by atoms with Crippen LogP contribution < -0.4 is 10.1 Å². The van der Waals surface area contributed by atoms with Gasteiger partial charge in [-0.05, 0) is 71.7 Å². The molecular formula is C29H23ClN2O2. The minimum Gasteiger partial charge on any atom is -0.489 e. The number of carbonyl (C=O) groups excluding carboxylic acids is 1. The predicted octanol–water partition coefficient (Wildman–Crippen LogP) is 7.23. The Balaban J connectivity index is 1.47. The van der Waals surface area contributed by atoms with E-state index >= 15 is 0 Å². The molecule has 0 heterocycles. The summed E-state index contributed by atoms with van der Waals surface area (Å²) in [6, 6.07) is 27.0. The van der Waals surface area contributed by atoms with Crippen molar-refractivity contribution >= 4 is 40.0 Å². The van der Waals surface area contributed by atoms with Crippen LogP contribution >= 0.6 is 11.6 Å². The maximum absolute atomic E-state index is 12.6. The molecule has 4 aromatic rings. The van der Waals surface area contributed by atoms with E-state index in [0.717, 1.165) is 16.7 Å². The Hall–Kier alpha value is -4.07. The number of hydrogen-bond acceptors (Lipinski definition) is 3. The molecule has 168 valence electrons. The number of anilines is 1. The molecule has 4 aromatic carbocycles. The number of rotatable bonds is 6. The summed E-state index contributed by atoms with van der Waals surface area (Å²) < 4.78 is 6.04. The second kappa shape index (κ2) is 10.2. The molecule has 1 amide bonds. The van der Waals surface area contributed by atoms with E-state index < -0.39 is 5.91 Å². The maximum Gasteiger partial charge on any atom is 0.266 e. The van der Waals surface area contributed by atoms with E-state index in [0.29, 0.717) is 23.1 Å². The van der Waals surface area contributed by atoms with E-state index in [1.54, 1.807) is 18.2 Å². The fourth-order valence-electron chi connectivity index (χ4n) is 3.69. The van der Waals surface area contributed by atoms with Crippen LogP contribution in [0, 0.1) is 25.2 Å². The number of hydrogen-bond donors (Lipinski definition) is 1. The molecule has 0 saturated carbocycles. The van der Waals surface area contributed by atoms with Gasteiger partial charge in [0.1, 0.15) is 24.0 Å². The summed E-state index contributed by atoms with van der Waals surface area (Å²) in [5, 5.41) is 15.1. The Morgan fingerprint density at radius 1 is 1.00 bits per heavy atom. The zero-order valence-electron chi connectivity index (χ0n) is 18.9. The molecule has 0 spiro atoms. The summed E-state index contributed by atoms with van der Waals surface area (Å²) in [6.45, 7) is 4.39. The van der Waals surface area contributed by atoms with Gasteiger partial charge in [0.2, 0.25) is 0 Å². The molecule has 5 heteroatoms. The number of amides is 1. The summed E-state index contributed by atoms with van der Waals surface area (Å²) in [4.78, 5) is 12.6. The van der Waals surface area contributed by atoms with E-state index in [1.165, 1.54) is 16.3 Å². The average molecular weight is 467 g/mol. The molecule has 1 N–H and O–H groups in total. The number of halogens is 1. The quantitative estimate of drug-likeness (QED) is 0.241. The Kier molecular flexibility index (Phi) is 6.96. The molecule has 0 saturated heterocycles. The number of ether oxygens (including phenoxy) is 1. The lowest BCUT2D eigenvalue weighted by molar-refractivity contribution is -0.112. The lowest BCUT2D eigenvalue weighted by Gasteiger charge is -2.12. The van der Waals surface area contributed by atoms with Gasteiger partial charge >= 0.3 is 0 Å². The van der Waals surface area contributed by atoms with Crippen LogP contribution in [0.3, 0.4) is 0 Å². The van der Waals surface area contributed by atoms with Crippen molar-refractivity contribution in [3.63, 3.8) is 0 Å². The third-order valence-electron chi connectivity index (χ3n) is 5.66. The number of fused-ring (bicyclic) bond motifs is 1. The minimum atomic E-state index is -0.486. The van der Waals surface area contributed by atoms with E-state index in [9.17, 15) is 10.1 Å². The van der Waals surface area contributed by atoms with Crippen molar-refractivity contribution in [2.75, 3.05) is 5.32 Å². The van der Waals surface area contributed by atoms with Crippen LogP contribution in [0.4, 0.5) is 5.69 Å². The van der Waals surface area contributed by atoms with Crippen LogP contribution in [0.1, 0.15) is 22.3 Å². The van der Waals surface area contributed by atoms with Gasteiger partial charge in [0.05, 0.1) is 0 Å².